The second-order valence-corrected chi connectivity index (χ2v) is 6.82. The number of rotatable bonds is 1. The van der Waals surface area contributed by atoms with Crippen molar-refractivity contribution in [2.45, 2.75) is 0 Å². The van der Waals surface area contributed by atoms with E-state index in [1.807, 2.05) is 24.3 Å². The Morgan fingerprint density at radius 3 is 2.50 bits per heavy atom. The van der Waals surface area contributed by atoms with Crippen LogP contribution in [0.3, 0.4) is 0 Å². The van der Waals surface area contributed by atoms with Gasteiger partial charge in [-0.05, 0) is 0 Å². The van der Waals surface area contributed by atoms with Gasteiger partial charge >= 0.3 is 121 Å². The number of fused-ring (bicyclic) bond motifs is 2. The summed E-state index contributed by atoms with van der Waals surface area (Å²) in [6.07, 6.45) is 0. The first-order chi connectivity index (χ1) is 9.83. The standard InChI is InChI=1S/C16H9NO2Se/c17-8-10-1-3-11(4-2-10)15-6-12-5-13-14(19-9-18-13)7-16(12)20-15/h1-7H,9H2. The fourth-order valence-corrected chi connectivity index (χ4v) is 4.54. The van der Waals surface area contributed by atoms with Crippen LogP contribution in [0, 0.1) is 11.3 Å². The monoisotopic (exact) mass is 327 g/mol. The van der Waals surface area contributed by atoms with Crippen molar-refractivity contribution in [1.29, 1.82) is 5.26 Å². The molecule has 0 N–H and O–H groups in total. The third-order valence-corrected chi connectivity index (χ3v) is 5.72. The van der Waals surface area contributed by atoms with Crippen LogP contribution < -0.4 is 9.47 Å². The van der Waals surface area contributed by atoms with Crippen molar-refractivity contribution in [2.24, 2.45) is 0 Å². The minimum atomic E-state index is 0.268. The second-order valence-electron chi connectivity index (χ2n) is 4.54. The molecule has 0 unspecified atom stereocenters. The molecule has 0 fully saturated rings. The Balaban J connectivity index is 1.82. The first kappa shape index (κ1) is 11.6. The second kappa shape index (κ2) is 4.42. The van der Waals surface area contributed by atoms with Crippen molar-refractivity contribution in [1.82, 2.24) is 0 Å². The summed E-state index contributed by atoms with van der Waals surface area (Å²) < 4.78 is 13.5. The number of ether oxygens (including phenoxy) is 2. The van der Waals surface area contributed by atoms with E-state index in [4.69, 9.17) is 14.7 Å². The van der Waals surface area contributed by atoms with Crippen LogP contribution in [0.25, 0.3) is 19.6 Å². The molecule has 0 bridgehead atoms. The zero-order valence-electron chi connectivity index (χ0n) is 10.4. The van der Waals surface area contributed by atoms with Crippen molar-refractivity contribution in [3.8, 4) is 27.6 Å². The van der Waals surface area contributed by atoms with Crippen molar-refractivity contribution in [3.05, 3.63) is 48.0 Å². The molecule has 20 heavy (non-hydrogen) atoms. The Labute approximate surface area is 121 Å². The average Bonchev–Trinajstić information content (AvgIpc) is 3.10. The molecule has 96 valence electrons. The molecule has 4 heteroatoms. The van der Waals surface area contributed by atoms with E-state index in [1.54, 1.807) is 0 Å². The summed E-state index contributed by atoms with van der Waals surface area (Å²) >= 11 is 0.268. The molecule has 0 saturated heterocycles. The van der Waals surface area contributed by atoms with Crippen LogP contribution in [-0.2, 0) is 0 Å². The summed E-state index contributed by atoms with van der Waals surface area (Å²) in [5.74, 6) is 1.68. The van der Waals surface area contributed by atoms with Gasteiger partial charge in [0.2, 0.25) is 0 Å². The maximum absolute atomic E-state index is 8.84. The molecule has 1 aliphatic rings. The Morgan fingerprint density at radius 1 is 1.00 bits per heavy atom. The van der Waals surface area contributed by atoms with Crippen LogP contribution in [0.15, 0.2) is 42.5 Å². The van der Waals surface area contributed by atoms with Gasteiger partial charge in [0.1, 0.15) is 0 Å². The number of nitrogens with zero attached hydrogens (tertiary/aromatic N) is 1. The summed E-state index contributed by atoms with van der Waals surface area (Å²) in [6.45, 7) is 0.317. The molecule has 0 saturated carbocycles. The van der Waals surface area contributed by atoms with E-state index in [9.17, 15) is 0 Å². The van der Waals surface area contributed by atoms with Gasteiger partial charge in [0.25, 0.3) is 0 Å². The van der Waals surface area contributed by atoms with Crippen LogP contribution >= 0.6 is 0 Å². The van der Waals surface area contributed by atoms with Gasteiger partial charge in [0, 0.05) is 0 Å². The number of hydrogen-bond acceptors (Lipinski definition) is 3. The van der Waals surface area contributed by atoms with Gasteiger partial charge < -0.3 is 0 Å². The third kappa shape index (κ3) is 1.80. The van der Waals surface area contributed by atoms with Gasteiger partial charge in [0.05, 0.1) is 0 Å². The SMILES string of the molecule is N#Cc1ccc(-c2cc3cc4c(cc3[se]2)OCO4)cc1. The zero-order valence-corrected chi connectivity index (χ0v) is 12.1. The summed E-state index contributed by atoms with van der Waals surface area (Å²) in [5.41, 5.74) is 1.88. The fourth-order valence-electron chi connectivity index (χ4n) is 2.28. The topological polar surface area (TPSA) is 42.2 Å². The van der Waals surface area contributed by atoms with Crippen molar-refractivity contribution < 1.29 is 9.47 Å². The molecule has 3 aromatic rings. The Morgan fingerprint density at radius 2 is 1.75 bits per heavy atom. The van der Waals surface area contributed by atoms with Gasteiger partial charge in [0.15, 0.2) is 0 Å². The third-order valence-electron chi connectivity index (χ3n) is 3.31. The van der Waals surface area contributed by atoms with Crippen LogP contribution in [0.5, 0.6) is 11.5 Å². The fraction of sp³-hybridized carbons (Fsp3) is 0.0625. The van der Waals surface area contributed by atoms with E-state index < -0.39 is 0 Å². The predicted octanol–water partition coefficient (Wildman–Crippen LogP) is 3.16. The molecule has 0 aliphatic carbocycles. The number of nitriles is 1. The molecule has 0 spiro atoms. The number of benzene rings is 2. The van der Waals surface area contributed by atoms with E-state index >= 15 is 0 Å². The van der Waals surface area contributed by atoms with Gasteiger partial charge in [-0.25, -0.2) is 0 Å². The Bertz CT molecular complexity index is 802. The molecule has 1 aliphatic heterocycles. The van der Waals surface area contributed by atoms with E-state index in [1.165, 1.54) is 19.6 Å². The minimum absolute atomic E-state index is 0.268. The molecule has 0 radical (unpaired) electrons. The van der Waals surface area contributed by atoms with Crippen LogP contribution in [0.2, 0.25) is 0 Å². The molecular formula is C16H9NO2Se. The van der Waals surface area contributed by atoms with E-state index in [0.29, 0.717) is 12.4 Å². The summed E-state index contributed by atoms with van der Waals surface area (Å²) in [5, 5.41) is 10.1. The summed E-state index contributed by atoms with van der Waals surface area (Å²) in [4.78, 5) is 0. The molecule has 3 nitrogen and oxygen atoms in total. The van der Waals surface area contributed by atoms with Crippen LogP contribution in [0.1, 0.15) is 5.56 Å². The normalized spacial score (nSPS) is 12.6. The van der Waals surface area contributed by atoms with Gasteiger partial charge in [-0.15, -0.1) is 0 Å². The van der Waals surface area contributed by atoms with Crippen LogP contribution in [-0.4, -0.2) is 21.3 Å². The average molecular weight is 326 g/mol. The van der Waals surface area contributed by atoms with E-state index in [0.717, 1.165) is 11.5 Å². The Hall–Kier alpha value is -2.21. The van der Waals surface area contributed by atoms with Crippen LogP contribution in [0.4, 0.5) is 0 Å². The predicted molar refractivity (Wildman–Crippen MR) is 77.2 cm³/mol. The van der Waals surface area contributed by atoms with Crippen molar-refractivity contribution >= 4 is 24.1 Å². The van der Waals surface area contributed by atoms with E-state index in [-0.39, 0.29) is 14.5 Å². The quantitative estimate of drug-likeness (QED) is 0.645. The summed E-state index contributed by atoms with van der Waals surface area (Å²) in [6, 6.07) is 16.2. The molecular weight excluding hydrogens is 317 g/mol. The van der Waals surface area contributed by atoms with E-state index in [2.05, 4.69) is 24.3 Å². The van der Waals surface area contributed by atoms with Crippen molar-refractivity contribution in [2.75, 3.05) is 6.79 Å². The first-order valence-corrected chi connectivity index (χ1v) is 7.88. The molecule has 2 heterocycles. The van der Waals surface area contributed by atoms with Crippen molar-refractivity contribution in [3.63, 3.8) is 0 Å². The molecule has 4 rings (SSSR count). The van der Waals surface area contributed by atoms with Gasteiger partial charge in [-0.3, -0.25) is 0 Å². The first-order valence-electron chi connectivity index (χ1n) is 6.17. The molecule has 1 aromatic heterocycles. The molecule has 2 aromatic carbocycles. The molecule has 0 atom stereocenters. The number of hydrogen-bond donors (Lipinski definition) is 0. The van der Waals surface area contributed by atoms with Gasteiger partial charge in [-0.2, -0.15) is 0 Å². The Kier molecular flexibility index (Phi) is 2.56. The van der Waals surface area contributed by atoms with Gasteiger partial charge in [-0.1, -0.05) is 0 Å². The molecule has 0 amide bonds. The maximum atomic E-state index is 8.84. The zero-order chi connectivity index (χ0) is 13.5. The summed E-state index contributed by atoms with van der Waals surface area (Å²) in [7, 11) is 0.